The molecule has 15 aromatic rings. The molecule has 15 rings (SSSR count). The SMILES string of the molecule is CC.CC.CC.CC.CC.c1cc2c(cn1)sc1cnccc12.c1cnc2c(c1)sc1ncccc12.c1cnc2sc3ccncc3c2c1.c1cnc2sc3cnccc3c2c1.c1cnc2sc3ncccc3c2c1. The summed E-state index contributed by atoms with van der Waals surface area (Å²) < 4.78 is 6.12. The van der Waals surface area contributed by atoms with Crippen molar-refractivity contribution in [2.24, 2.45) is 0 Å². The first-order chi connectivity index (χ1) is 37.2. The van der Waals surface area contributed by atoms with Crippen LogP contribution in [0.15, 0.2) is 184 Å². The average Bonchev–Trinajstić information content (AvgIpc) is 4.35. The Hall–Kier alpha value is -7.40. The quantitative estimate of drug-likeness (QED) is 0.145. The monoisotopic (exact) mass is 1080 g/mol. The van der Waals surface area contributed by atoms with Crippen molar-refractivity contribution in [3.63, 3.8) is 0 Å². The van der Waals surface area contributed by atoms with Gasteiger partial charge in [-0.25, -0.2) is 24.9 Å². The summed E-state index contributed by atoms with van der Waals surface area (Å²) in [6, 6.07) is 32.4. The Kier molecular flexibility index (Phi) is 22.8. The molecular weight excluding hydrogens is 1020 g/mol. The van der Waals surface area contributed by atoms with Crippen LogP contribution in [0.5, 0.6) is 0 Å². The highest BCUT2D eigenvalue weighted by Crippen LogP contribution is 2.34. The highest BCUT2D eigenvalue weighted by molar-refractivity contribution is 7.27. The minimum absolute atomic E-state index is 1.07. The summed E-state index contributed by atoms with van der Waals surface area (Å²) >= 11 is 8.46. The summed E-state index contributed by atoms with van der Waals surface area (Å²) in [5, 5.41) is 11.0. The van der Waals surface area contributed by atoms with E-state index in [2.05, 4.69) is 86.2 Å². The molecule has 0 radical (unpaired) electrons. The number of fused-ring (bicyclic) bond motifs is 15. The van der Waals surface area contributed by atoms with Gasteiger partial charge in [0.25, 0.3) is 0 Å². The Bertz CT molecular complexity index is 3220. The molecule has 0 saturated carbocycles. The third-order valence-corrected chi connectivity index (χ3v) is 15.6. The summed E-state index contributed by atoms with van der Waals surface area (Å²) in [5.41, 5.74) is 1.07. The third-order valence-electron chi connectivity index (χ3n) is 10.2. The van der Waals surface area contributed by atoms with Gasteiger partial charge in [-0.1, -0.05) is 80.6 Å². The van der Waals surface area contributed by atoms with Crippen molar-refractivity contribution < 1.29 is 0 Å². The maximum Gasteiger partial charge on any atom is 0.126 e. The fraction of sp³-hybridized carbons (Fsp3) is 0.167. The predicted molar refractivity (Wildman–Crippen MR) is 331 cm³/mol. The van der Waals surface area contributed by atoms with Gasteiger partial charge < -0.3 is 0 Å². The van der Waals surface area contributed by atoms with Gasteiger partial charge in [-0.3, -0.25) is 24.9 Å². The molecule has 15 heteroatoms. The van der Waals surface area contributed by atoms with Crippen LogP contribution >= 0.6 is 56.7 Å². The van der Waals surface area contributed by atoms with Gasteiger partial charge in [-0.05, 0) is 97.1 Å². The molecule has 0 aliphatic rings. The number of aromatic nitrogens is 10. The normalized spacial score (nSPS) is 10.0. The number of hydrogen-bond donors (Lipinski definition) is 0. The second-order valence-corrected chi connectivity index (χ2v) is 19.3. The van der Waals surface area contributed by atoms with Crippen LogP contribution in [0.2, 0.25) is 0 Å². The fourth-order valence-corrected chi connectivity index (χ4v) is 12.3. The van der Waals surface area contributed by atoms with E-state index in [4.69, 9.17) is 0 Å². The first-order valence-corrected chi connectivity index (χ1v) is 29.2. The van der Waals surface area contributed by atoms with Gasteiger partial charge in [0.05, 0.1) is 24.3 Å². The molecule has 380 valence electrons. The van der Waals surface area contributed by atoms with Crippen molar-refractivity contribution in [2.45, 2.75) is 69.2 Å². The van der Waals surface area contributed by atoms with Gasteiger partial charge in [0.15, 0.2) is 0 Å². The molecule has 0 atom stereocenters. The number of hydrogen-bond acceptors (Lipinski definition) is 15. The zero-order valence-corrected chi connectivity index (χ0v) is 47.9. The highest BCUT2D eigenvalue weighted by Gasteiger charge is 2.07. The van der Waals surface area contributed by atoms with Gasteiger partial charge in [-0.15, -0.1) is 45.3 Å². The van der Waals surface area contributed by atoms with Crippen LogP contribution in [0.1, 0.15) is 69.2 Å². The van der Waals surface area contributed by atoms with Gasteiger partial charge in [0.2, 0.25) is 0 Å². The lowest BCUT2D eigenvalue weighted by Gasteiger charge is -1.87. The summed E-state index contributed by atoms with van der Waals surface area (Å²) in [7, 11) is 0. The highest BCUT2D eigenvalue weighted by atomic mass is 32.1. The molecule has 0 amide bonds. The number of thiophene rings is 5. The maximum atomic E-state index is 4.34. The molecule has 15 heterocycles. The average molecular weight is 1080 g/mol. The van der Waals surface area contributed by atoms with E-state index in [1.165, 1.54) is 66.6 Å². The third kappa shape index (κ3) is 13.7. The van der Waals surface area contributed by atoms with E-state index >= 15 is 0 Å². The minimum atomic E-state index is 1.07. The molecule has 0 unspecified atom stereocenters. The topological polar surface area (TPSA) is 129 Å². The summed E-state index contributed by atoms with van der Waals surface area (Å²) in [5.74, 6) is 0. The Balaban J connectivity index is 0.000000146. The van der Waals surface area contributed by atoms with Gasteiger partial charge in [0, 0.05) is 140 Å². The lowest BCUT2D eigenvalue weighted by molar-refractivity contribution is 1.37. The molecule has 0 aromatic carbocycles. The minimum Gasteiger partial charge on any atom is -0.264 e. The van der Waals surface area contributed by atoms with Gasteiger partial charge in [-0.2, -0.15) is 0 Å². The largest absolute Gasteiger partial charge is 0.264 e. The Labute approximate surface area is 458 Å². The molecule has 10 nitrogen and oxygen atoms in total. The van der Waals surface area contributed by atoms with Crippen molar-refractivity contribution >= 4 is 158 Å². The zero-order valence-electron chi connectivity index (χ0n) is 43.8. The summed E-state index contributed by atoms with van der Waals surface area (Å²) in [6.45, 7) is 20.0. The van der Waals surface area contributed by atoms with E-state index in [1.54, 1.807) is 56.7 Å². The van der Waals surface area contributed by atoms with E-state index in [9.17, 15) is 0 Å². The van der Waals surface area contributed by atoms with Crippen LogP contribution in [0.4, 0.5) is 0 Å². The van der Waals surface area contributed by atoms with Crippen molar-refractivity contribution in [1.82, 2.24) is 49.8 Å². The van der Waals surface area contributed by atoms with Crippen LogP contribution in [0, 0.1) is 0 Å². The van der Waals surface area contributed by atoms with Crippen molar-refractivity contribution in [1.29, 1.82) is 0 Å². The van der Waals surface area contributed by atoms with E-state index in [-0.39, 0.29) is 0 Å². The first-order valence-electron chi connectivity index (χ1n) is 25.1. The lowest BCUT2D eigenvalue weighted by Crippen LogP contribution is -1.71. The van der Waals surface area contributed by atoms with Crippen LogP contribution in [-0.4, -0.2) is 49.8 Å². The standard InChI is InChI=1S/5C10H6N2S.5C2H6/c1-3-11-5-9-7(1)8-2-4-12-6-10(8)13-9;1-3-7-9-8(4-2-5-11-9)13-10(7)12-6-1;1-3-7-8-4-2-6-12-10(8)13-9(7)11-5-1;1-2-8-7-3-5-11-6-9(7)13-10(8)12-4-1;1-2-7-8-6-11-5-3-9(8)13-10(7)12-4-1;5*1-2/h5*1-6H;5*1-2H3. The van der Waals surface area contributed by atoms with Crippen molar-refractivity contribution in [2.75, 3.05) is 0 Å². The molecular formula is C60H60N10S5. The first kappa shape index (κ1) is 56.9. The molecule has 0 aliphatic carbocycles. The van der Waals surface area contributed by atoms with Crippen molar-refractivity contribution in [3.8, 4) is 0 Å². The number of rotatable bonds is 0. The second kappa shape index (κ2) is 30.1. The Morgan fingerprint density at radius 1 is 0.227 bits per heavy atom. The van der Waals surface area contributed by atoms with E-state index < -0.39 is 0 Å². The molecule has 0 fully saturated rings. The van der Waals surface area contributed by atoms with Crippen LogP contribution < -0.4 is 0 Å². The van der Waals surface area contributed by atoms with Crippen LogP contribution in [0.25, 0.3) is 102 Å². The van der Waals surface area contributed by atoms with Crippen LogP contribution in [-0.2, 0) is 0 Å². The smallest absolute Gasteiger partial charge is 0.126 e. The van der Waals surface area contributed by atoms with Gasteiger partial charge in [0.1, 0.15) is 24.2 Å². The Morgan fingerprint density at radius 3 is 1.04 bits per heavy atom. The molecule has 0 aliphatic heterocycles. The fourth-order valence-electron chi connectivity index (χ4n) is 7.28. The van der Waals surface area contributed by atoms with E-state index in [0.29, 0.717) is 0 Å². The maximum absolute atomic E-state index is 4.34. The Morgan fingerprint density at radius 2 is 0.547 bits per heavy atom. The summed E-state index contributed by atoms with van der Waals surface area (Å²) in [4.78, 5) is 47.6. The molecule has 75 heavy (non-hydrogen) atoms. The number of nitrogens with zero attached hydrogens (tertiary/aromatic N) is 10. The molecule has 15 aromatic heterocycles. The number of pyridine rings is 10. The lowest BCUT2D eigenvalue weighted by atomic mass is 10.2. The zero-order chi connectivity index (χ0) is 53.4. The molecule has 0 N–H and O–H groups in total. The van der Waals surface area contributed by atoms with Crippen LogP contribution in [0.3, 0.4) is 0 Å². The predicted octanol–water partition coefficient (Wildman–Crippen LogP) is 19.4. The molecule has 0 spiro atoms. The second-order valence-electron chi connectivity index (χ2n) is 14.1. The van der Waals surface area contributed by atoms with Gasteiger partial charge >= 0.3 is 0 Å². The molecule has 0 saturated heterocycles. The van der Waals surface area contributed by atoms with E-state index in [0.717, 1.165) is 35.1 Å². The summed E-state index contributed by atoms with van der Waals surface area (Å²) in [6.07, 6.45) is 25.8. The molecule has 0 bridgehead atoms. The van der Waals surface area contributed by atoms with E-state index in [1.807, 2.05) is 217 Å². The van der Waals surface area contributed by atoms with Crippen molar-refractivity contribution in [3.05, 3.63) is 184 Å².